The van der Waals surface area contributed by atoms with Crippen molar-refractivity contribution in [3.05, 3.63) is 57.5 Å². The first kappa shape index (κ1) is 20.1. The summed E-state index contributed by atoms with van der Waals surface area (Å²) in [7, 11) is 1.49. The van der Waals surface area contributed by atoms with Gasteiger partial charge in [-0.1, -0.05) is 29.3 Å². The van der Waals surface area contributed by atoms with E-state index in [0.29, 0.717) is 32.2 Å². The van der Waals surface area contributed by atoms with Crippen molar-refractivity contribution >= 4 is 57.7 Å². The molecule has 2 amide bonds. The number of benzene rings is 2. The zero-order valence-electron chi connectivity index (χ0n) is 14.9. The van der Waals surface area contributed by atoms with Crippen LogP contribution >= 0.6 is 34.5 Å². The monoisotopic (exact) mass is 435 g/mol. The van der Waals surface area contributed by atoms with Crippen LogP contribution in [0.3, 0.4) is 0 Å². The third-order valence-electron chi connectivity index (χ3n) is 3.67. The number of nitrogens with one attached hydrogen (secondary N) is 2. The highest BCUT2D eigenvalue weighted by atomic mass is 35.5. The molecule has 0 saturated heterocycles. The van der Waals surface area contributed by atoms with Crippen LogP contribution in [0.25, 0.3) is 10.6 Å². The summed E-state index contributed by atoms with van der Waals surface area (Å²) in [6, 6.07) is 10.1. The minimum atomic E-state index is -0.402. The number of thiazole rings is 1. The molecule has 0 aliphatic rings. The number of carbonyl (C=O) groups is 2. The summed E-state index contributed by atoms with van der Waals surface area (Å²) in [4.78, 5) is 28.2. The molecule has 0 atom stereocenters. The van der Waals surface area contributed by atoms with Gasteiger partial charge in [0, 0.05) is 23.6 Å². The second-order valence-corrected chi connectivity index (χ2v) is 7.39. The number of rotatable bonds is 5. The highest BCUT2D eigenvalue weighted by Crippen LogP contribution is 2.31. The van der Waals surface area contributed by atoms with Gasteiger partial charge in [-0.05, 0) is 30.3 Å². The zero-order valence-corrected chi connectivity index (χ0v) is 17.2. The van der Waals surface area contributed by atoms with E-state index in [1.54, 1.807) is 41.8 Å². The topological polar surface area (TPSA) is 80.3 Å². The highest BCUT2D eigenvalue weighted by Gasteiger charge is 2.15. The molecule has 2 N–H and O–H groups in total. The number of aromatic nitrogens is 1. The van der Waals surface area contributed by atoms with Crippen LogP contribution in [0.4, 0.5) is 11.4 Å². The maximum Gasteiger partial charge on any atom is 0.275 e. The molecule has 28 heavy (non-hydrogen) atoms. The molecule has 6 nitrogen and oxygen atoms in total. The lowest BCUT2D eigenvalue weighted by Gasteiger charge is -2.11. The van der Waals surface area contributed by atoms with Gasteiger partial charge in [-0.25, -0.2) is 4.98 Å². The molecule has 0 fully saturated rings. The molecule has 0 aliphatic carbocycles. The Hall–Kier alpha value is -2.61. The molecular formula is C19H15Cl2N3O3S. The van der Waals surface area contributed by atoms with Crippen molar-refractivity contribution in [2.45, 2.75) is 6.92 Å². The molecule has 2 aromatic carbocycles. The number of amides is 2. The molecule has 0 unspecified atom stereocenters. The number of hydrogen-bond donors (Lipinski definition) is 2. The van der Waals surface area contributed by atoms with Crippen LogP contribution in [0.5, 0.6) is 5.75 Å². The number of carbonyl (C=O) groups excluding carboxylic acids is 2. The van der Waals surface area contributed by atoms with Crippen molar-refractivity contribution in [1.29, 1.82) is 0 Å². The molecule has 0 spiro atoms. The number of ether oxygens (including phenoxy) is 1. The van der Waals surface area contributed by atoms with Gasteiger partial charge in [-0.2, -0.15) is 0 Å². The fourth-order valence-corrected chi connectivity index (χ4v) is 3.51. The molecule has 3 rings (SSSR count). The summed E-state index contributed by atoms with van der Waals surface area (Å²) in [5, 5.41) is 8.58. The van der Waals surface area contributed by atoms with Crippen LogP contribution in [-0.4, -0.2) is 23.9 Å². The van der Waals surface area contributed by atoms with Crippen LogP contribution in [-0.2, 0) is 4.79 Å². The first-order valence-electron chi connectivity index (χ1n) is 8.05. The van der Waals surface area contributed by atoms with Crippen LogP contribution in [0.15, 0.2) is 41.8 Å². The molecule has 0 aliphatic heterocycles. The Morgan fingerprint density at radius 3 is 2.54 bits per heavy atom. The molecule has 144 valence electrons. The van der Waals surface area contributed by atoms with Crippen molar-refractivity contribution in [1.82, 2.24) is 4.98 Å². The fourth-order valence-electron chi connectivity index (χ4n) is 2.41. The van der Waals surface area contributed by atoms with Gasteiger partial charge in [0.05, 0.1) is 22.8 Å². The van der Waals surface area contributed by atoms with Gasteiger partial charge in [-0.3, -0.25) is 9.59 Å². The first-order chi connectivity index (χ1) is 13.4. The minimum absolute atomic E-state index is 0.215. The predicted octanol–water partition coefficient (Wildman–Crippen LogP) is 5.34. The molecule has 0 bridgehead atoms. The van der Waals surface area contributed by atoms with E-state index in [1.165, 1.54) is 25.4 Å². The summed E-state index contributed by atoms with van der Waals surface area (Å²) in [5.74, 6) is -0.156. The Balaban J connectivity index is 1.82. The number of anilines is 2. The van der Waals surface area contributed by atoms with Gasteiger partial charge in [0.15, 0.2) is 0 Å². The van der Waals surface area contributed by atoms with Crippen molar-refractivity contribution in [3.8, 4) is 16.3 Å². The highest BCUT2D eigenvalue weighted by molar-refractivity contribution is 7.13. The summed E-state index contributed by atoms with van der Waals surface area (Å²) >= 11 is 13.3. The third kappa shape index (κ3) is 4.62. The number of halogens is 2. The van der Waals surface area contributed by atoms with Gasteiger partial charge in [0.25, 0.3) is 5.91 Å². The quantitative estimate of drug-likeness (QED) is 0.566. The molecule has 0 radical (unpaired) electrons. The van der Waals surface area contributed by atoms with E-state index >= 15 is 0 Å². The van der Waals surface area contributed by atoms with E-state index in [-0.39, 0.29) is 11.6 Å². The zero-order chi connectivity index (χ0) is 20.3. The van der Waals surface area contributed by atoms with E-state index < -0.39 is 5.91 Å². The number of nitrogens with zero attached hydrogens (tertiary/aromatic N) is 1. The van der Waals surface area contributed by atoms with Crippen LogP contribution < -0.4 is 15.4 Å². The summed E-state index contributed by atoms with van der Waals surface area (Å²) in [6.07, 6.45) is 0. The minimum Gasteiger partial charge on any atom is -0.495 e. The molecule has 9 heteroatoms. The van der Waals surface area contributed by atoms with Crippen LogP contribution in [0.2, 0.25) is 10.0 Å². The summed E-state index contributed by atoms with van der Waals surface area (Å²) < 4.78 is 5.27. The molecule has 1 aromatic heterocycles. The fraction of sp³-hybridized carbons (Fsp3) is 0.105. The van der Waals surface area contributed by atoms with Crippen molar-refractivity contribution < 1.29 is 14.3 Å². The summed E-state index contributed by atoms with van der Waals surface area (Å²) in [5.41, 5.74) is 1.97. The Labute approximate surface area is 175 Å². The second-order valence-electron chi connectivity index (χ2n) is 5.72. The lowest BCUT2D eigenvalue weighted by Crippen LogP contribution is -2.14. The Morgan fingerprint density at radius 1 is 1.07 bits per heavy atom. The summed E-state index contributed by atoms with van der Waals surface area (Å²) in [6.45, 7) is 1.41. The van der Waals surface area contributed by atoms with Gasteiger partial charge < -0.3 is 15.4 Å². The molecule has 0 saturated carbocycles. The lowest BCUT2D eigenvalue weighted by molar-refractivity contribution is -0.114. The predicted molar refractivity (Wildman–Crippen MR) is 113 cm³/mol. The van der Waals surface area contributed by atoms with Crippen molar-refractivity contribution in [2.24, 2.45) is 0 Å². The Kier molecular flexibility index (Phi) is 6.18. The third-order valence-corrected chi connectivity index (χ3v) is 5.30. The van der Waals surface area contributed by atoms with Crippen LogP contribution in [0, 0.1) is 0 Å². The van der Waals surface area contributed by atoms with Crippen LogP contribution in [0.1, 0.15) is 17.4 Å². The maximum absolute atomic E-state index is 12.6. The number of methoxy groups -OCH3 is 1. The van der Waals surface area contributed by atoms with E-state index in [9.17, 15) is 9.59 Å². The molecular weight excluding hydrogens is 421 g/mol. The van der Waals surface area contributed by atoms with E-state index in [0.717, 1.165) is 5.56 Å². The molecule has 1 heterocycles. The van der Waals surface area contributed by atoms with Gasteiger partial charge in [0.2, 0.25) is 5.91 Å². The van der Waals surface area contributed by atoms with E-state index in [4.69, 9.17) is 27.9 Å². The van der Waals surface area contributed by atoms with E-state index in [1.807, 2.05) is 0 Å². The number of hydrogen-bond acceptors (Lipinski definition) is 5. The smallest absolute Gasteiger partial charge is 0.275 e. The van der Waals surface area contributed by atoms with Gasteiger partial charge in [-0.15, -0.1) is 11.3 Å². The van der Waals surface area contributed by atoms with Crippen molar-refractivity contribution in [3.63, 3.8) is 0 Å². The Bertz CT molecular complexity index is 1050. The van der Waals surface area contributed by atoms with Gasteiger partial charge >= 0.3 is 0 Å². The maximum atomic E-state index is 12.6. The largest absolute Gasteiger partial charge is 0.495 e. The lowest BCUT2D eigenvalue weighted by atomic mass is 10.2. The SMILES string of the molecule is COc1ccc(NC(C)=O)cc1NC(=O)c1csc(-c2ccc(Cl)c(Cl)c2)n1. The standard InChI is InChI=1S/C19H15Cl2N3O3S/c1-10(25)22-12-4-6-17(27-2)15(8-12)23-18(26)16-9-28-19(24-16)11-3-5-13(20)14(21)7-11/h3-9H,1-2H3,(H,22,25)(H,23,26). The van der Waals surface area contributed by atoms with E-state index in [2.05, 4.69) is 15.6 Å². The van der Waals surface area contributed by atoms with Gasteiger partial charge in [0.1, 0.15) is 16.5 Å². The molecule has 3 aromatic rings. The Morgan fingerprint density at radius 2 is 1.86 bits per heavy atom. The average molecular weight is 436 g/mol. The average Bonchev–Trinajstić information content (AvgIpc) is 3.14. The van der Waals surface area contributed by atoms with Crippen molar-refractivity contribution in [2.75, 3.05) is 17.7 Å². The second kappa shape index (κ2) is 8.60. The first-order valence-corrected chi connectivity index (χ1v) is 9.69. The normalized spacial score (nSPS) is 10.4.